The van der Waals surface area contributed by atoms with Crippen molar-refractivity contribution in [3.63, 3.8) is 0 Å². The van der Waals surface area contributed by atoms with Crippen LogP contribution in [0.1, 0.15) is 32.7 Å². The van der Waals surface area contributed by atoms with E-state index in [2.05, 4.69) is 18.7 Å². The van der Waals surface area contributed by atoms with E-state index in [1.165, 1.54) is 10.5 Å². The Morgan fingerprint density at radius 2 is 1.48 bits per heavy atom. The van der Waals surface area contributed by atoms with E-state index in [-0.39, 0.29) is 17.7 Å². The molecule has 0 radical (unpaired) electrons. The quantitative estimate of drug-likeness (QED) is 0.602. The van der Waals surface area contributed by atoms with Crippen LogP contribution in [0, 0.1) is 5.92 Å². The Morgan fingerprint density at radius 1 is 0.913 bits per heavy atom. The molecule has 0 saturated heterocycles. The van der Waals surface area contributed by atoms with Crippen LogP contribution in [0.4, 0.5) is 0 Å². The van der Waals surface area contributed by atoms with Crippen molar-refractivity contribution in [3.05, 3.63) is 83.9 Å². The van der Waals surface area contributed by atoms with Gasteiger partial charge in [-0.15, -0.1) is 6.58 Å². The van der Waals surface area contributed by atoms with Gasteiger partial charge in [-0.25, -0.2) is 0 Å². The number of allylic oxidation sites excluding steroid dienone is 1. The van der Waals surface area contributed by atoms with Gasteiger partial charge >= 0.3 is 0 Å². The molecule has 0 unspecified atom stereocenters. The van der Waals surface area contributed by atoms with Gasteiger partial charge in [0.05, 0.1) is 11.1 Å². The number of carbonyl (C=O) groups excluding carboxylic acids is 2. The second-order valence-corrected chi connectivity index (χ2v) is 5.85. The van der Waals surface area contributed by atoms with Crippen LogP contribution in [-0.2, 0) is 6.42 Å². The largest absolute Gasteiger partial charge is 0.274 e. The summed E-state index contributed by atoms with van der Waals surface area (Å²) in [5.41, 5.74) is 2.22. The molecule has 1 heterocycles. The van der Waals surface area contributed by atoms with Crippen LogP contribution in [0.2, 0.25) is 0 Å². The Labute approximate surface area is 136 Å². The standard InChI is InChI=1S/C20H19NO2/c1-2-8-16(13-15-9-4-3-5-10-15)14-21-19(22)17-11-6-7-12-18(17)20(21)23/h2-7,9-12,16H,1,8,13-14H2/t16-/m0/s1. The number of fused-ring (bicyclic) bond motifs is 1. The first-order chi connectivity index (χ1) is 11.2. The van der Waals surface area contributed by atoms with E-state index >= 15 is 0 Å². The van der Waals surface area contributed by atoms with Gasteiger partial charge in [0.15, 0.2) is 0 Å². The zero-order chi connectivity index (χ0) is 16.2. The summed E-state index contributed by atoms with van der Waals surface area (Å²) in [6.07, 6.45) is 3.44. The van der Waals surface area contributed by atoms with Gasteiger partial charge in [0.25, 0.3) is 11.8 Å². The Bertz CT molecular complexity index is 701. The molecular weight excluding hydrogens is 286 g/mol. The molecule has 3 nitrogen and oxygen atoms in total. The lowest BCUT2D eigenvalue weighted by atomic mass is 9.95. The van der Waals surface area contributed by atoms with Gasteiger partial charge < -0.3 is 0 Å². The summed E-state index contributed by atoms with van der Waals surface area (Å²) >= 11 is 0. The summed E-state index contributed by atoms with van der Waals surface area (Å²) in [4.78, 5) is 26.3. The van der Waals surface area contributed by atoms with Crippen molar-refractivity contribution in [1.29, 1.82) is 0 Å². The smallest absolute Gasteiger partial charge is 0.261 e. The van der Waals surface area contributed by atoms with E-state index in [9.17, 15) is 9.59 Å². The van der Waals surface area contributed by atoms with Gasteiger partial charge in [0, 0.05) is 6.54 Å². The average Bonchev–Trinajstić information content (AvgIpc) is 2.81. The fourth-order valence-corrected chi connectivity index (χ4v) is 3.07. The van der Waals surface area contributed by atoms with Crippen molar-refractivity contribution >= 4 is 11.8 Å². The maximum Gasteiger partial charge on any atom is 0.261 e. The van der Waals surface area contributed by atoms with E-state index in [0.717, 1.165) is 12.8 Å². The minimum atomic E-state index is -0.187. The fourth-order valence-electron chi connectivity index (χ4n) is 3.07. The molecule has 3 rings (SSSR count). The zero-order valence-electron chi connectivity index (χ0n) is 12.9. The van der Waals surface area contributed by atoms with Crippen molar-refractivity contribution < 1.29 is 9.59 Å². The Balaban J connectivity index is 1.77. The lowest BCUT2D eigenvalue weighted by molar-refractivity contribution is 0.0629. The highest BCUT2D eigenvalue weighted by Crippen LogP contribution is 2.25. The first-order valence-electron chi connectivity index (χ1n) is 7.80. The van der Waals surface area contributed by atoms with Crippen LogP contribution in [0.25, 0.3) is 0 Å². The highest BCUT2D eigenvalue weighted by molar-refractivity contribution is 6.21. The number of amides is 2. The van der Waals surface area contributed by atoms with Gasteiger partial charge in [-0.1, -0.05) is 48.5 Å². The Hall–Kier alpha value is -2.68. The summed E-state index contributed by atoms with van der Waals surface area (Å²) in [6.45, 7) is 4.23. The van der Waals surface area contributed by atoms with Gasteiger partial charge in [-0.3, -0.25) is 14.5 Å². The molecule has 23 heavy (non-hydrogen) atoms. The predicted octanol–water partition coefficient (Wildman–Crippen LogP) is 3.72. The SMILES string of the molecule is C=CC[C@@H](Cc1ccccc1)CN1C(=O)c2ccccc2C1=O. The van der Waals surface area contributed by atoms with Crippen molar-refractivity contribution in [2.24, 2.45) is 5.92 Å². The molecule has 1 atom stereocenters. The lowest BCUT2D eigenvalue weighted by Crippen LogP contribution is -2.35. The molecule has 0 bridgehead atoms. The molecule has 0 fully saturated rings. The molecule has 1 aliphatic heterocycles. The van der Waals surface area contributed by atoms with Crippen LogP contribution >= 0.6 is 0 Å². The Morgan fingerprint density at radius 3 is 2.04 bits per heavy atom. The molecule has 2 aromatic rings. The molecule has 0 spiro atoms. The van der Waals surface area contributed by atoms with Crippen molar-refractivity contribution in [2.75, 3.05) is 6.54 Å². The number of carbonyl (C=O) groups is 2. The van der Waals surface area contributed by atoms with Gasteiger partial charge in [-0.2, -0.15) is 0 Å². The summed E-state index contributed by atoms with van der Waals surface area (Å²) in [6, 6.07) is 17.1. The van der Waals surface area contributed by atoms with Crippen LogP contribution in [0.3, 0.4) is 0 Å². The van der Waals surface area contributed by atoms with Crippen LogP contribution < -0.4 is 0 Å². The van der Waals surface area contributed by atoms with Gasteiger partial charge in [0.2, 0.25) is 0 Å². The lowest BCUT2D eigenvalue weighted by Gasteiger charge is -2.21. The van der Waals surface area contributed by atoms with Gasteiger partial charge in [-0.05, 0) is 36.5 Å². The molecule has 2 aromatic carbocycles. The predicted molar refractivity (Wildman–Crippen MR) is 90.3 cm³/mol. The molecule has 0 aliphatic carbocycles. The third-order valence-corrected chi connectivity index (χ3v) is 4.19. The first-order valence-corrected chi connectivity index (χ1v) is 7.80. The summed E-state index contributed by atoms with van der Waals surface area (Å²) < 4.78 is 0. The summed E-state index contributed by atoms with van der Waals surface area (Å²) in [5, 5.41) is 0. The number of benzene rings is 2. The Kier molecular flexibility index (Phi) is 4.38. The minimum Gasteiger partial charge on any atom is -0.274 e. The number of nitrogens with zero attached hydrogens (tertiary/aromatic N) is 1. The highest BCUT2D eigenvalue weighted by atomic mass is 16.2. The van der Waals surface area contributed by atoms with E-state index in [1.54, 1.807) is 24.3 Å². The summed E-state index contributed by atoms with van der Waals surface area (Å²) in [7, 11) is 0. The third-order valence-electron chi connectivity index (χ3n) is 4.19. The van der Waals surface area contributed by atoms with Crippen molar-refractivity contribution in [3.8, 4) is 0 Å². The number of rotatable bonds is 6. The topological polar surface area (TPSA) is 37.4 Å². The van der Waals surface area contributed by atoms with Crippen LogP contribution in [-0.4, -0.2) is 23.3 Å². The summed E-state index contributed by atoms with van der Waals surface area (Å²) in [5.74, 6) is -0.197. The first kappa shape index (κ1) is 15.2. The van der Waals surface area contributed by atoms with E-state index in [0.29, 0.717) is 17.7 Å². The molecular formula is C20H19NO2. The number of hydrogen-bond acceptors (Lipinski definition) is 2. The normalized spacial score (nSPS) is 14.7. The van der Waals surface area contributed by atoms with Gasteiger partial charge in [0.1, 0.15) is 0 Å². The highest BCUT2D eigenvalue weighted by Gasteiger charge is 2.36. The monoisotopic (exact) mass is 305 g/mol. The number of imide groups is 1. The third kappa shape index (κ3) is 3.09. The van der Waals surface area contributed by atoms with Crippen LogP contribution in [0.5, 0.6) is 0 Å². The molecule has 3 heteroatoms. The molecule has 0 saturated carbocycles. The molecule has 2 amide bonds. The maximum absolute atomic E-state index is 12.5. The van der Waals surface area contributed by atoms with E-state index < -0.39 is 0 Å². The molecule has 116 valence electrons. The molecule has 1 aliphatic rings. The minimum absolute atomic E-state index is 0.178. The van der Waals surface area contributed by atoms with Crippen LogP contribution in [0.15, 0.2) is 67.3 Å². The average molecular weight is 305 g/mol. The molecule has 0 N–H and O–H groups in total. The fraction of sp³-hybridized carbons (Fsp3) is 0.200. The second-order valence-electron chi connectivity index (χ2n) is 5.85. The second kappa shape index (κ2) is 6.61. The molecule has 0 aromatic heterocycles. The van der Waals surface area contributed by atoms with E-state index in [4.69, 9.17) is 0 Å². The zero-order valence-corrected chi connectivity index (χ0v) is 12.9. The number of hydrogen-bond donors (Lipinski definition) is 0. The van der Waals surface area contributed by atoms with Crippen molar-refractivity contribution in [1.82, 2.24) is 4.90 Å². The van der Waals surface area contributed by atoms with Crippen molar-refractivity contribution in [2.45, 2.75) is 12.8 Å². The van der Waals surface area contributed by atoms with E-state index in [1.807, 2.05) is 24.3 Å². The maximum atomic E-state index is 12.5.